The van der Waals surface area contributed by atoms with E-state index < -0.39 is 11.9 Å². The molecule has 2 aromatic carbocycles. The zero-order valence-electron chi connectivity index (χ0n) is 18.6. The van der Waals surface area contributed by atoms with Crippen molar-refractivity contribution in [3.05, 3.63) is 59.2 Å². The molecular weight excluding hydrogens is 414 g/mol. The number of para-hydroxylation sites is 1. The van der Waals surface area contributed by atoms with E-state index in [2.05, 4.69) is 10.6 Å². The number of hydrogen-bond donors (Lipinski definition) is 4. The summed E-state index contributed by atoms with van der Waals surface area (Å²) in [5.74, 6) is -3.87. The lowest BCUT2D eigenvalue weighted by molar-refractivity contribution is -0.159. The molecule has 0 atom stereocenters. The van der Waals surface area contributed by atoms with E-state index in [0.29, 0.717) is 17.8 Å². The summed E-state index contributed by atoms with van der Waals surface area (Å²) < 4.78 is 0. The van der Waals surface area contributed by atoms with Gasteiger partial charge in [0.15, 0.2) is 0 Å². The maximum absolute atomic E-state index is 12.5. The molecular formula is C23H29N3O6. The molecule has 172 valence electrons. The van der Waals surface area contributed by atoms with Gasteiger partial charge < -0.3 is 20.8 Å². The van der Waals surface area contributed by atoms with Crippen molar-refractivity contribution in [2.24, 2.45) is 0 Å². The number of nitrogens with zero attached hydrogens (tertiary/aromatic N) is 1. The highest BCUT2D eigenvalue weighted by Gasteiger charge is 2.11. The molecule has 9 heteroatoms. The summed E-state index contributed by atoms with van der Waals surface area (Å²) in [7, 11) is 0. The van der Waals surface area contributed by atoms with Gasteiger partial charge in [0, 0.05) is 16.9 Å². The number of benzene rings is 2. The van der Waals surface area contributed by atoms with E-state index in [-0.39, 0.29) is 11.8 Å². The lowest BCUT2D eigenvalue weighted by atomic mass is 10.1. The maximum atomic E-state index is 12.5. The van der Waals surface area contributed by atoms with Gasteiger partial charge in [-0.2, -0.15) is 0 Å². The molecule has 9 nitrogen and oxygen atoms in total. The third-order valence-corrected chi connectivity index (χ3v) is 4.60. The number of rotatable bonds is 7. The molecule has 2 rings (SSSR count). The van der Waals surface area contributed by atoms with E-state index >= 15 is 0 Å². The fourth-order valence-electron chi connectivity index (χ4n) is 2.75. The Morgan fingerprint density at radius 1 is 0.812 bits per heavy atom. The molecule has 2 amide bonds. The van der Waals surface area contributed by atoms with Crippen molar-refractivity contribution < 1.29 is 29.4 Å². The van der Waals surface area contributed by atoms with Crippen LogP contribution in [0.25, 0.3) is 0 Å². The monoisotopic (exact) mass is 443 g/mol. The number of carboxylic acids is 2. The number of nitrogens with one attached hydrogen (secondary N) is 2. The molecule has 0 heterocycles. The van der Waals surface area contributed by atoms with E-state index in [4.69, 9.17) is 19.8 Å². The first kappa shape index (κ1) is 26.3. The SMILES string of the molecule is CCN(CC)CC(=O)Nc1ccc(C(=O)Nc2c(C)cccc2C)cc1.O=C(O)C(=O)O. The Morgan fingerprint density at radius 3 is 1.75 bits per heavy atom. The first-order chi connectivity index (χ1) is 15.1. The predicted octanol–water partition coefficient (Wildman–Crippen LogP) is 2.99. The Balaban J connectivity index is 0.000000751. The van der Waals surface area contributed by atoms with Gasteiger partial charge in [-0.1, -0.05) is 32.0 Å². The van der Waals surface area contributed by atoms with Crippen LogP contribution in [0, 0.1) is 13.8 Å². The van der Waals surface area contributed by atoms with Gasteiger partial charge in [0.2, 0.25) is 5.91 Å². The fourth-order valence-corrected chi connectivity index (χ4v) is 2.75. The van der Waals surface area contributed by atoms with Gasteiger partial charge in [-0.25, -0.2) is 9.59 Å². The summed E-state index contributed by atoms with van der Waals surface area (Å²) in [5.41, 5.74) is 4.13. The average Bonchev–Trinajstić information content (AvgIpc) is 2.75. The highest BCUT2D eigenvalue weighted by Crippen LogP contribution is 2.20. The first-order valence-corrected chi connectivity index (χ1v) is 10.0. The number of anilines is 2. The van der Waals surface area contributed by atoms with Crippen LogP contribution < -0.4 is 10.6 Å². The Kier molecular flexibility index (Phi) is 10.6. The minimum Gasteiger partial charge on any atom is -0.473 e. The lowest BCUT2D eigenvalue weighted by Gasteiger charge is -2.17. The van der Waals surface area contributed by atoms with Gasteiger partial charge in [-0.05, 0) is 62.3 Å². The molecule has 0 unspecified atom stereocenters. The molecule has 0 radical (unpaired) electrons. The molecule has 2 aromatic rings. The van der Waals surface area contributed by atoms with Crippen molar-refractivity contribution in [2.45, 2.75) is 27.7 Å². The highest BCUT2D eigenvalue weighted by atomic mass is 16.4. The van der Waals surface area contributed by atoms with E-state index in [1.165, 1.54) is 0 Å². The van der Waals surface area contributed by atoms with Gasteiger partial charge in [-0.3, -0.25) is 14.5 Å². The zero-order chi connectivity index (χ0) is 24.3. The smallest absolute Gasteiger partial charge is 0.414 e. The molecule has 0 bridgehead atoms. The second-order valence-electron chi connectivity index (χ2n) is 6.92. The first-order valence-electron chi connectivity index (χ1n) is 10.0. The molecule has 4 N–H and O–H groups in total. The van der Waals surface area contributed by atoms with Crippen LogP contribution in [0.5, 0.6) is 0 Å². The Labute approximate surface area is 187 Å². The van der Waals surface area contributed by atoms with Crippen LogP contribution in [-0.2, 0) is 14.4 Å². The van der Waals surface area contributed by atoms with Crippen molar-refractivity contribution in [3.8, 4) is 0 Å². The van der Waals surface area contributed by atoms with Crippen molar-refractivity contribution in [2.75, 3.05) is 30.3 Å². The second kappa shape index (κ2) is 12.9. The third kappa shape index (κ3) is 8.57. The summed E-state index contributed by atoms with van der Waals surface area (Å²) in [6.45, 7) is 10.0. The molecule has 0 saturated carbocycles. The zero-order valence-corrected chi connectivity index (χ0v) is 18.6. The van der Waals surface area contributed by atoms with E-state index in [9.17, 15) is 9.59 Å². The van der Waals surface area contributed by atoms with Gasteiger partial charge in [0.25, 0.3) is 5.91 Å². The third-order valence-electron chi connectivity index (χ3n) is 4.60. The standard InChI is InChI=1S/C21H27N3O2.C2H2O4/c1-5-24(6-2)14-19(25)22-18-12-10-17(11-13-18)21(26)23-20-15(3)8-7-9-16(20)4;3-1(4)2(5)6/h7-13H,5-6,14H2,1-4H3,(H,22,25)(H,23,26);(H,3,4)(H,5,6). The van der Waals surface area contributed by atoms with Crippen LogP contribution >= 0.6 is 0 Å². The normalized spacial score (nSPS) is 10.0. The number of carbonyl (C=O) groups is 4. The molecule has 0 aliphatic carbocycles. The van der Waals surface area contributed by atoms with Crippen molar-refractivity contribution >= 4 is 35.1 Å². The Morgan fingerprint density at radius 2 is 1.31 bits per heavy atom. The quantitative estimate of drug-likeness (QED) is 0.483. The number of aliphatic carboxylic acids is 2. The van der Waals surface area contributed by atoms with Crippen molar-refractivity contribution in [1.82, 2.24) is 4.90 Å². The second-order valence-corrected chi connectivity index (χ2v) is 6.92. The van der Waals surface area contributed by atoms with Crippen molar-refractivity contribution in [3.63, 3.8) is 0 Å². The van der Waals surface area contributed by atoms with Crippen LogP contribution in [0.1, 0.15) is 35.3 Å². The van der Waals surface area contributed by atoms with Gasteiger partial charge >= 0.3 is 11.9 Å². The summed E-state index contributed by atoms with van der Waals surface area (Å²) in [6.07, 6.45) is 0. The number of likely N-dealkylation sites (N-methyl/N-ethyl adjacent to an activating group) is 1. The van der Waals surface area contributed by atoms with Gasteiger partial charge in [0.1, 0.15) is 0 Å². The molecule has 0 fully saturated rings. The minimum atomic E-state index is -1.82. The van der Waals surface area contributed by atoms with Crippen LogP contribution in [0.3, 0.4) is 0 Å². The molecule has 0 aliphatic rings. The summed E-state index contributed by atoms with van der Waals surface area (Å²) in [4.78, 5) is 44.8. The van der Waals surface area contributed by atoms with Crippen LogP contribution in [0.15, 0.2) is 42.5 Å². The summed E-state index contributed by atoms with van der Waals surface area (Å²) in [6, 6.07) is 12.8. The molecule has 0 spiro atoms. The average molecular weight is 444 g/mol. The lowest BCUT2D eigenvalue weighted by Crippen LogP contribution is -2.32. The Hall–Kier alpha value is -3.72. The van der Waals surface area contributed by atoms with E-state index in [1.54, 1.807) is 24.3 Å². The van der Waals surface area contributed by atoms with Crippen molar-refractivity contribution in [1.29, 1.82) is 0 Å². The minimum absolute atomic E-state index is 0.0542. The Bertz CT molecular complexity index is 920. The highest BCUT2D eigenvalue weighted by molar-refractivity contribution is 6.27. The summed E-state index contributed by atoms with van der Waals surface area (Å²) in [5, 5.41) is 20.6. The van der Waals surface area contributed by atoms with Gasteiger partial charge in [-0.15, -0.1) is 0 Å². The number of hydrogen-bond acceptors (Lipinski definition) is 5. The van der Waals surface area contributed by atoms with Crippen LogP contribution in [0.2, 0.25) is 0 Å². The van der Waals surface area contributed by atoms with E-state index in [0.717, 1.165) is 29.9 Å². The van der Waals surface area contributed by atoms with Gasteiger partial charge in [0.05, 0.1) is 6.54 Å². The maximum Gasteiger partial charge on any atom is 0.414 e. The molecule has 0 aromatic heterocycles. The van der Waals surface area contributed by atoms with Crippen LogP contribution in [-0.4, -0.2) is 58.5 Å². The number of aryl methyl sites for hydroxylation is 2. The number of carbonyl (C=O) groups excluding carboxylic acids is 2. The van der Waals surface area contributed by atoms with E-state index in [1.807, 2.05) is 50.8 Å². The predicted molar refractivity (Wildman–Crippen MR) is 122 cm³/mol. The largest absolute Gasteiger partial charge is 0.473 e. The topological polar surface area (TPSA) is 136 Å². The van der Waals surface area contributed by atoms with Crippen LogP contribution in [0.4, 0.5) is 11.4 Å². The fraction of sp³-hybridized carbons (Fsp3) is 0.304. The molecule has 0 aliphatic heterocycles. The number of amides is 2. The number of carboxylic acid groups (broad SMARTS) is 2. The summed E-state index contributed by atoms with van der Waals surface area (Å²) >= 11 is 0. The molecule has 32 heavy (non-hydrogen) atoms. The molecule has 0 saturated heterocycles.